The van der Waals surface area contributed by atoms with Gasteiger partial charge in [0.2, 0.25) is 0 Å². The third-order valence-electron chi connectivity index (χ3n) is 2.76. The van der Waals surface area contributed by atoms with Gasteiger partial charge < -0.3 is 15.4 Å². The Balaban J connectivity index is 2.75. The maximum Gasteiger partial charge on any atom is 0.332 e. The number of nitrogens with zero attached hydrogens (tertiary/aromatic N) is 1. The number of hydrogen-bond acceptors (Lipinski definition) is 4. The summed E-state index contributed by atoms with van der Waals surface area (Å²) < 4.78 is 4.76. The van der Waals surface area contributed by atoms with Gasteiger partial charge in [0.25, 0.3) is 5.91 Å². The summed E-state index contributed by atoms with van der Waals surface area (Å²) in [5.41, 5.74) is 6.49. The van der Waals surface area contributed by atoms with Crippen molar-refractivity contribution in [2.75, 3.05) is 13.2 Å². The highest BCUT2D eigenvalue weighted by Gasteiger charge is 2.27. The van der Waals surface area contributed by atoms with E-state index < -0.39 is 17.9 Å². The summed E-state index contributed by atoms with van der Waals surface area (Å²) in [5, 5.41) is 0.598. The topological polar surface area (TPSA) is 72.6 Å². The van der Waals surface area contributed by atoms with E-state index in [1.807, 2.05) is 13.0 Å². The fraction of sp³-hybridized carbons (Fsp3) is 0.429. The molecule has 1 unspecified atom stereocenters. The van der Waals surface area contributed by atoms with Crippen LogP contribution in [0.15, 0.2) is 24.3 Å². The number of rotatable bonds is 6. The van der Waals surface area contributed by atoms with Crippen LogP contribution >= 0.6 is 11.6 Å². The van der Waals surface area contributed by atoms with E-state index in [4.69, 9.17) is 22.1 Å². The molecule has 20 heavy (non-hydrogen) atoms. The van der Waals surface area contributed by atoms with Crippen LogP contribution in [0.1, 0.15) is 19.4 Å². The molecule has 1 rings (SSSR count). The standard InChI is InChI=1S/C14H19ClN2O3/c1-3-17(9-10-6-5-7-11(15)8-10)13(18)12(16)14(19)20-4-2/h5-8,12H,3-4,9,16H2,1-2H3. The smallest absolute Gasteiger partial charge is 0.332 e. The molecular formula is C14H19ClN2O3. The number of esters is 1. The average Bonchev–Trinajstić information content (AvgIpc) is 2.43. The lowest BCUT2D eigenvalue weighted by atomic mass is 10.2. The molecule has 0 heterocycles. The van der Waals surface area contributed by atoms with Gasteiger partial charge in [-0.15, -0.1) is 0 Å². The van der Waals surface area contributed by atoms with Gasteiger partial charge in [-0.3, -0.25) is 4.79 Å². The Morgan fingerprint density at radius 3 is 2.65 bits per heavy atom. The van der Waals surface area contributed by atoms with Crippen LogP contribution < -0.4 is 5.73 Å². The number of ether oxygens (including phenoxy) is 1. The Morgan fingerprint density at radius 2 is 2.10 bits per heavy atom. The zero-order chi connectivity index (χ0) is 15.1. The van der Waals surface area contributed by atoms with Crippen LogP contribution in [-0.4, -0.2) is 36.0 Å². The van der Waals surface area contributed by atoms with Crippen molar-refractivity contribution >= 4 is 23.5 Å². The van der Waals surface area contributed by atoms with Crippen molar-refractivity contribution in [3.8, 4) is 0 Å². The van der Waals surface area contributed by atoms with E-state index in [1.54, 1.807) is 25.1 Å². The van der Waals surface area contributed by atoms with E-state index >= 15 is 0 Å². The quantitative estimate of drug-likeness (QED) is 0.639. The predicted octanol–water partition coefficient (Wildman–Crippen LogP) is 1.58. The lowest BCUT2D eigenvalue weighted by Gasteiger charge is -2.23. The molecule has 0 aliphatic heterocycles. The molecule has 0 radical (unpaired) electrons. The lowest BCUT2D eigenvalue weighted by Crippen LogP contribution is -2.48. The molecule has 0 spiro atoms. The zero-order valence-corrected chi connectivity index (χ0v) is 12.4. The van der Waals surface area contributed by atoms with Gasteiger partial charge in [0.1, 0.15) is 0 Å². The maximum absolute atomic E-state index is 12.1. The average molecular weight is 299 g/mol. The zero-order valence-electron chi connectivity index (χ0n) is 11.6. The lowest BCUT2D eigenvalue weighted by molar-refractivity contribution is -0.151. The summed E-state index contributed by atoms with van der Waals surface area (Å²) in [6.07, 6.45) is 0. The van der Waals surface area contributed by atoms with E-state index in [2.05, 4.69) is 0 Å². The van der Waals surface area contributed by atoms with E-state index in [9.17, 15) is 9.59 Å². The molecule has 1 aromatic rings. The second kappa shape index (κ2) is 7.87. The summed E-state index contributed by atoms with van der Waals surface area (Å²) in [7, 11) is 0. The maximum atomic E-state index is 12.1. The van der Waals surface area contributed by atoms with E-state index in [-0.39, 0.29) is 6.61 Å². The second-order valence-electron chi connectivity index (χ2n) is 4.21. The van der Waals surface area contributed by atoms with Gasteiger partial charge in [-0.05, 0) is 31.5 Å². The first-order valence-corrected chi connectivity index (χ1v) is 6.82. The molecule has 1 amide bonds. The number of carbonyl (C=O) groups excluding carboxylic acids is 2. The monoisotopic (exact) mass is 298 g/mol. The molecule has 2 N–H and O–H groups in total. The molecule has 1 aromatic carbocycles. The molecule has 6 heteroatoms. The van der Waals surface area contributed by atoms with Crippen LogP contribution in [0.4, 0.5) is 0 Å². The first kappa shape index (κ1) is 16.5. The minimum atomic E-state index is -1.28. The summed E-state index contributed by atoms with van der Waals surface area (Å²) >= 11 is 5.90. The second-order valence-corrected chi connectivity index (χ2v) is 4.65. The van der Waals surface area contributed by atoms with Crippen LogP contribution in [0.3, 0.4) is 0 Å². The fourth-order valence-electron chi connectivity index (χ4n) is 1.73. The molecule has 110 valence electrons. The third-order valence-corrected chi connectivity index (χ3v) is 3.00. The first-order valence-electron chi connectivity index (χ1n) is 6.45. The number of hydrogen-bond donors (Lipinski definition) is 1. The summed E-state index contributed by atoms with van der Waals surface area (Å²) in [4.78, 5) is 25.1. The van der Waals surface area contributed by atoms with E-state index in [1.165, 1.54) is 4.90 Å². The van der Waals surface area contributed by atoms with Crippen LogP contribution in [0.5, 0.6) is 0 Å². The van der Waals surface area contributed by atoms with Gasteiger partial charge >= 0.3 is 5.97 Å². The highest BCUT2D eigenvalue weighted by molar-refractivity contribution is 6.30. The molecule has 0 bridgehead atoms. The molecule has 0 aliphatic carbocycles. The highest BCUT2D eigenvalue weighted by Crippen LogP contribution is 2.13. The predicted molar refractivity (Wildman–Crippen MR) is 77.2 cm³/mol. The minimum absolute atomic E-state index is 0.195. The van der Waals surface area contributed by atoms with Crippen LogP contribution in [0, 0.1) is 0 Å². The Bertz CT molecular complexity index is 479. The first-order chi connectivity index (χ1) is 9.49. The van der Waals surface area contributed by atoms with E-state index in [0.29, 0.717) is 18.1 Å². The van der Waals surface area contributed by atoms with Crippen molar-refractivity contribution in [2.24, 2.45) is 5.73 Å². The SMILES string of the molecule is CCOC(=O)C(N)C(=O)N(CC)Cc1cccc(Cl)c1. The molecule has 0 saturated heterocycles. The fourth-order valence-corrected chi connectivity index (χ4v) is 1.94. The number of carbonyl (C=O) groups is 2. The van der Waals surface area contributed by atoms with Gasteiger partial charge in [0.05, 0.1) is 6.61 Å². The molecule has 0 saturated carbocycles. The van der Waals surface area contributed by atoms with Crippen LogP contribution in [0.25, 0.3) is 0 Å². The summed E-state index contributed by atoms with van der Waals surface area (Å²) in [6, 6.07) is 5.91. The Labute approximate surface area is 123 Å². The van der Waals surface area contributed by atoms with Crippen molar-refractivity contribution in [2.45, 2.75) is 26.4 Å². The Hall–Kier alpha value is -1.59. The van der Waals surface area contributed by atoms with Crippen LogP contribution in [-0.2, 0) is 20.9 Å². The van der Waals surface area contributed by atoms with Gasteiger partial charge in [0.15, 0.2) is 6.04 Å². The van der Waals surface area contributed by atoms with Crippen molar-refractivity contribution in [3.05, 3.63) is 34.9 Å². The molecular weight excluding hydrogens is 280 g/mol. The number of nitrogens with two attached hydrogens (primary N) is 1. The molecule has 1 atom stereocenters. The minimum Gasteiger partial charge on any atom is -0.464 e. The van der Waals surface area contributed by atoms with E-state index in [0.717, 1.165) is 5.56 Å². The van der Waals surface area contributed by atoms with Gasteiger partial charge in [0, 0.05) is 18.1 Å². The largest absolute Gasteiger partial charge is 0.464 e. The number of halogens is 1. The molecule has 0 aromatic heterocycles. The summed E-state index contributed by atoms with van der Waals surface area (Å²) in [5.74, 6) is -1.16. The molecule has 0 aliphatic rings. The normalized spacial score (nSPS) is 11.8. The number of likely N-dealkylation sites (N-methyl/N-ethyl adjacent to an activating group) is 1. The summed E-state index contributed by atoms with van der Waals surface area (Å²) in [6.45, 7) is 4.47. The Kier molecular flexibility index (Phi) is 6.48. The van der Waals surface area contributed by atoms with Crippen LogP contribution in [0.2, 0.25) is 5.02 Å². The number of amides is 1. The molecule has 5 nitrogen and oxygen atoms in total. The van der Waals surface area contributed by atoms with Crippen molar-refractivity contribution in [3.63, 3.8) is 0 Å². The number of benzene rings is 1. The van der Waals surface area contributed by atoms with Gasteiger partial charge in [-0.2, -0.15) is 0 Å². The third kappa shape index (κ3) is 4.51. The Morgan fingerprint density at radius 1 is 1.40 bits per heavy atom. The van der Waals surface area contributed by atoms with Crippen molar-refractivity contribution < 1.29 is 14.3 Å². The molecule has 0 fully saturated rings. The van der Waals surface area contributed by atoms with Crippen molar-refractivity contribution in [1.82, 2.24) is 4.90 Å². The van der Waals surface area contributed by atoms with Gasteiger partial charge in [-0.25, -0.2) is 4.79 Å². The highest BCUT2D eigenvalue weighted by atomic mass is 35.5. The van der Waals surface area contributed by atoms with Gasteiger partial charge in [-0.1, -0.05) is 23.7 Å². The van der Waals surface area contributed by atoms with Crippen molar-refractivity contribution in [1.29, 1.82) is 0 Å².